The maximum absolute atomic E-state index is 12.4. The second kappa shape index (κ2) is 9.50. The number of ether oxygens (including phenoxy) is 1. The molecule has 0 bridgehead atoms. The Labute approximate surface area is 153 Å². The van der Waals surface area contributed by atoms with Gasteiger partial charge in [0, 0.05) is 18.6 Å². The van der Waals surface area contributed by atoms with Gasteiger partial charge in [-0.25, -0.2) is 0 Å². The first-order valence-corrected chi connectivity index (χ1v) is 8.72. The van der Waals surface area contributed by atoms with Crippen LogP contribution in [0.5, 0.6) is 5.75 Å². The Morgan fingerprint density at radius 1 is 1.48 bits per heavy atom. The van der Waals surface area contributed by atoms with Gasteiger partial charge in [-0.05, 0) is 66.7 Å². The molecule has 1 aromatic rings. The number of carbonyl (C=O) groups excluding carboxylic acids is 1. The Hall–Kier alpha value is -0.780. The largest absolute Gasteiger partial charge is 0.492 e. The van der Waals surface area contributed by atoms with E-state index in [2.05, 4.69) is 15.9 Å². The van der Waals surface area contributed by atoms with Gasteiger partial charge in [-0.3, -0.25) is 4.79 Å². The van der Waals surface area contributed by atoms with Crippen LogP contribution in [0.4, 0.5) is 0 Å². The first kappa shape index (κ1) is 20.3. The Bertz CT molecular complexity index is 525. The van der Waals surface area contributed by atoms with Crippen LogP contribution in [0.15, 0.2) is 22.7 Å². The third kappa shape index (κ3) is 5.66. The van der Waals surface area contributed by atoms with E-state index in [0.29, 0.717) is 13.0 Å². The van der Waals surface area contributed by atoms with Crippen LogP contribution >= 0.6 is 28.3 Å². The first-order valence-electron chi connectivity index (χ1n) is 7.93. The molecule has 0 saturated carbocycles. The first-order chi connectivity index (χ1) is 10.5. The maximum Gasteiger partial charge on any atom is 0.226 e. The van der Waals surface area contributed by atoms with Gasteiger partial charge in [-0.15, -0.1) is 12.4 Å². The second-order valence-corrected chi connectivity index (χ2v) is 6.90. The summed E-state index contributed by atoms with van der Waals surface area (Å²) in [5.74, 6) is 0.922. The summed E-state index contributed by atoms with van der Waals surface area (Å²) < 4.78 is 6.65. The van der Waals surface area contributed by atoms with Crippen LogP contribution in [-0.4, -0.2) is 36.0 Å². The Morgan fingerprint density at radius 2 is 2.22 bits per heavy atom. The SMILES string of the molecule is Cc1ccc(OCCC(=O)N2CCCCC2C(C)N)c(Br)c1.Cl. The number of hydrogen-bond donors (Lipinski definition) is 1. The molecule has 1 amide bonds. The molecule has 130 valence electrons. The average molecular weight is 406 g/mol. The molecule has 1 aliphatic heterocycles. The minimum absolute atomic E-state index is 0. The standard InChI is InChI=1S/C17H25BrN2O2.ClH/c1-12-6-7-16(14(18)11-12)22-10-8-17(21)20-9-4-3-5-15(20)13(2)19;/h6-7,11,13,15H,3-5,8-10,19H2,1-2H3;1H. The van der Waals surface area contributed by atoms with Crippen LogP contribution in [0.2, 0.25) is 0 Å². The third-order valence-electron chi connectivity index (χ3n) is 4.14. The number of nitrogens with two attached hydrogens (primary N) is 1. The number of amides is 1. The van der Waals surface area contributed by atoms with E-state index in [1.807, 2.05) is 36.9 Å². The zero-order valence-corrected chi connectivity index (χ0v) is 16.2. The third-order valence-corrected chi connectivity index (χ3v) is 4.76. The van der Waals surface area contributed by atoms with E-state index in [1.54, 1.807) is 0 Å². The maximum atomic E-state index is 12.4. The summed E-state index contributed by atoms with van der Waals surface area (Å²) in [6, 6.07) is 6.13. The molecule has 23 heavy (non-hydrogen) atoms. The van der Waals surface area contributed by atoms with Gasteiger partial charge < -0.3 is 15.4 Å². The van der Waals surface area contributed by atoms with E-state index in [-0.39, 0.29) is 30.4 Å². The van der Waals surface area contributed by atoms with Crippen LogP contribution in [0.25, 0.3) is 0 Å². The van der Waals surface area contributed by atoms with Crippen molar-refractivity contribution in [2.24, 2.45) is 5.73 Å². The Kier molecular flexibility index (Phi) is 8.37. The quantitative estimate of drug-likeness (QED) is 0.813. The molecule has 1 saturated heterocycles. The lowest BCUT2D eigenvalue weighted by Gasteiger charge is -2.38. The predicted molar refractivity (Wildman–Crippen MR) is 99.2 cm³/mol. The lowest BCUT2D eigenvalue weighted by atomic mass is 9.96. The van der Waals surface area contributed by atoms with Gasteiger partial charge in [0.1, 0.15) is 5.75 Å². The molecule has 4 nitrogen and oxygen atoms in total. The smallest absolute Gasteiger partial charge is 0.226 e. The minimum atomic E-state index is 0. The fourth-order valence-corrected chi connectivity index (χ4v) is 3.54. The molecule has 2 N–H and O–H groups in total. The fraction of sp³-hybridized carbons (Fsp3) is 0.588. The summed E-state index contributed by atoms with van der Waals surface area (Å²) in [6.45, 7) is 5.22. The molecule has 0 spiro atoms. The normalized spacial score (nSPS) is 19.0. The van der Waals surface area contributed by atoms with Crippen molar-refractivity contribution in [1.82, 2.24) is 4.90 Å². The van der Waals surface area contributed by atoms with Crippen molar-refractivity contribution in [3.05, 3.63) is 28.2 Å². The summed E-state index contributed by atoms with van der Waals surface area (Å²) in [7, 11) is 0. The molecule has 1 aromatic carbocycles. The van der Waals surface area contributed by atoms with E-state index >= 15 is 0 Å². The molecular weight excluding hydrogens is 380 g/mol. The highest BCUT2D eigenvalue weighted by Crippen LogP contribution is 2.26. The fourth-order valence-electron chi connectivity index (χ4n) is 2.93. The molecule has 1 heterocycles. The van der Waals surface area contributed by atoms with Gasteiger partial charge in [0.25, 0.3) is 0 Å². The van der Waals surface area contributed by atoms with E-state index in [4.69, 9.17) is 10.5 Å². The number of carbonyl (C=O) groups is 1. The van der Waals surface area contributed by atoms with Crippen LogP contribution in [0.1, 0.15) is 38.2 Å². The average Bonchev–Trinajstić information content (AvgIpc) is 2.49. The topological polar surface area (TPSA) is 55.6 Å². The number of aryl methyl sites for hydroxylation is 1. The van der Waals surface area contributed by atoms with Gasteiger partial charge in [0.05, 0.1) is 17.5 Å². The highest BCUT2D eigenvalue weighted by molar-refractivity contribution is 9.10. The van der Waals surface area contributed by atoms with Crippen molar-refractivity contribution in [3.63, 3.8) is 0 Å². The highest BCUT2D eigenvalue weighted by Gasteiger charge is 2.28. The second-order valence-electron chi connectivity index (χ2n) is 6.04. The predicted octanol–water partition coefficient (Wildman–Crippen LogP) is 3.68. The van der Waals surface area contributed by atoms with Gasteiger partial charge >= 0.3 is 0 Å². The van der Waals surface area contributed by atoms with Crippen molar-refractivity contribution < 1.29 is 9.53 Å². The summed E-state index contributed by atoms with van der Waals surface area (Å²) >= 11 is 3.48. The number of nitrogens with zero attached hydrogens (tertiary/aromatic N) is 1. The summed E-state index contributed by atoms with van der Waals surface area (Å²) in [5, 5.41) is 0. The van der Waals surface area contributed by atoms with Crippen LogP contribution in [-0.2, 0) is 4.79 Å². The van der Waals surface area contributed by atoms with Crippen molar-refractivity contribution in [2.45, 2.75) is 51.6 Å². The lowest BCUT2D eigenvalue weighted by Crippen LogP contribution is -2.51. The molecule has 1 fully saturated rings. The highest BCUT2D eigenvalue weighted by atomic mass is 79.9. The van der Waals surface area contributed by atoms with Gasteiger partial charge in [-0.1, -0.05) is 6.07 Å². The van der Waals surface area contributed by atoms with E-state index in [0.717, 1.165) is 36.0 Å². The van der Waals surface area contributed by atoms with Gasteiger partial charge in [0.2, 0.25) is 5.91 Å². The molecule has 0 aliphatic carbocycles. The molecule has 2 rings (SSSR count). The number of likely N-dealkylation sites (tertiary alicyclic amines) is 1. The Balaban J connectivity index is 0.00000264. The van der Waals surface area contributed by atoms with Crippen molar-refractivity contribution >= 4 is 34.2 Å². The Morgan fingerprint density at radius 3 is 2.87 bits per heavy atom. The van der Waals surface area contributed by atoms with E-state index in [9.17, 15) is 4.79 Å². The number of piperidine rings is 1. The zero-order valence-electron chi connectivity index (χ0n) is 13.8. The molecular formula is C17H26BrClN2O2. The summed E-state index contributed by atoms with van der Waals surface area (Å²) in [6.07, 6.45) is 3.62. The number of rotatable bonds is 5. The van der Waals surface area contributed by atoms with E-state index < -0.39 is 0 Å². The van der Waals surface area contributed by atoms with Crippen LogP contribution in [0, 0.1) is 6.92 Å². The number of benzene rings is 1. The van der Waals surface area contributed by atoms with Crippen molar-refractivity contribution in [1.29, 1.82) is 0 Å². The molecule has 1 aliphatic rings. The summed E-state index contributed by atoms with van der Waals surface area (Å²) in [5.41, 5.74) is 7.19. The van der Waals surface area contributed by atoms with Crippen LogP contribution in [0.3, 0.4) is 0 Å². The minimum Gasteiger partial charge on any atom is -0.492 e. The lowest BCUT2D eigenvalue weighted by molar-refractivity contribution is -0.135. The monoisotopic (exact) mass is 404 g/mol. The molecule has 0 aromatic heterocycles. The van der Waals surface area contributed by atoms with Crippen molar-refractivity contribution in [3.8, 4) is 5.75 Å². The number of hydrogen-bond acceptors (Lipinski definition) is 3. The van der Waals surface area contributed by atoms with Crippen molar-refractivity contribution in [2.75, 3.05) is 13.2 Å². The number of halogens is 2. The zero-order chi connectivity index (χ0) is 16.1. The summed E-state index contributed by atoms with van der Waals surface area (Å²) in [4.78, 5) is 14.4. The van der Waals surface area contributed by atoms with E-state index in [1.165, 1.54) is 5.56 Å². The van der Waals surface area contributed by atoms with Crippen LogP contribution < -0.4 is 10.5 Å². The molecule has 2 unspecified atom stereocenters. The molecule has 6 heteroatoms. The molecule has 2 atom stereocenters. The van der Waals surface area contributed by atoms with Gasteiger partial charge in [0.15, 0.2) is 0 Å². The molecule has 0 radical (unpaired) electrons. The van der Waals surface area contributed by atoms with Gasteiger partial charge in [-0.2, -0.15) is 0 Å².